The van der Waals surface area contributed by atoms with Gasteiger partial charge in [0.2, 0.25) is 0 Å². The van der Waals surface area contributed by atoms with Crippen LogP contribution >= 0.6 is 0 Å². The molecule has 1 unspecified atom stereocenters. The molecule has 0 aliphatic heterocycles. The van der Waals surface area contributed by atoms with Crippen LogP contribution in [-0.4, -0.2) is 13.6 Å². The molecule has 0 aliphatic rings. The number of hydrogen-bond donors (Lipinski definition) is 1. The van der Waals surface area contributed by atoms with E-state index in [1.165, 1.54) is 0 Å². The molecule has 0 aromatic heterocycles. The average molecular weight is 259 g/mol. The fraction of sp³-hybridized carbons (Fsp3) is 0.571. The van der Waals surface area contributed by atoms with Crippen LogP contribution in [0.3, 0.4) is 0 Å². The fourth-order valence-electron chi connectivity index (χ4n) is 1.94. The Labute approximate surface area is 106 Å². The zero-order chi connectivity index (χ0) is 13.8. The van der Waals surface area contributed by atoms with Gasteiger partial charge in [-0.25, -0.2) is 0 Å². The highest BCUT2D eigenvalue weighted by molar-refractivity contribution is 5.25. The topological polar surface area (TPSA) is 12.0 Å². The van der Waals surface area contributed by atoms with Crippen molar-refractivity contribution < 1.29 is 13.2 Å². The predicted molar refractivity (Wildman–Crippen MR) is 67.4 cm³/mol. The average Bonchev–Trinajstić information content (AvgIpc) is 2.28. The molecular formula is C14H20F3N. The summed E-state index contributed by atoms with van der Waals surface area (Å²) < 4.78 is 37.3. The molecule has 1 aromatic carbocycles. The van der Waals surface area contributed by atoms with Gasteiger partial charge in [0, 0.05) is 0 Å². The van der Waals surface area contributed by atoms with Gasteiger partial charge in [-0.15, -0.1) is 0 Å². The Bertz CT molecular complexity index is 354. The van der Waals surface area contributed by atoms with Crippen LogP contribution in [-0.2, 0) is 12.6 Å². The molecule has 0 aliphatic carbocycles. The van der Waals surface area contributed by atoms with Crippen molar-refractivity contribution in [1.29, 1.82) is 0 Å². The summed E-state index contributed by atoms with van der Waals surface area (Å²) in [4.78, 5) is 0. The molecular weight excluding hydrogens is 239 g/mol. The fourth-order valence-corrected chi connectivity index (χ4v) is 1.94. The molecule has 0 spiro atoms. The van der Waals surface area contributed by atoms with E-state index in [2.05, 4.69) is 19.2 Å². The van der Waals surface area contributed by atoms with E-state index < -0.39 is 11.7 Å². The summed E-state index contributed by atoms with van der Waals surface area (Å²) in [5, 5.41) is 3.13. The molecule has 0 heterocycles. The number of halogens is 3. The maximum absolute atomic E-state index is 12.4. The highest BCUT2D eigenvalue weighted by Crippen LogP contribution is 2.29. The number of alkyl halides is 3. The van der Waals surface area contributed by atoms with Crippen molar-refractivity contribution in [2.24, 2.45) is 11.8 Å². The zero-order valence-corrected chi connectivity index (χ0v) is 11.0. The van der Waals surface area contributed by atoms with Crippen molar-refractivity contribution in [3.05, 3.63) is 35.4 Å². The minimum absolute atomic E-state index is 0.437. The molecule has 1 N–H and O–H groups in total. The third kappa shape index (κ3) is 4.33. The van der Waals surface area contributed by atoms with Gasteiger partial charge < -0.3 is 5.32 Å². The summed E-state index contributed by atoms with van der Waals surface area (Å²) in [6.45, 7) is 5.14. The molecule has 0 amide bonds. The van der Waals surface area contributed by atoms with Crippen molar-refractivity contribution in [1.82, 2.24) is 5.32 Å². The number of hydrogen-bond acceptors (Lipinski definition) is 1. The Morgan fingerprint density at radius 1 is 1.11 bits per heavy atom. The summed E-state index contributed by atoms with van der Waals surface area (Å²) in [6, 6.07) is 5.47. The largest absolute Gasteiger partial charge is 0.416 e. The van der Waals surface area contributed by atoms with Gasteiger partial charge in [0.05, 0.1) is 5.56 Å². The van der Waals surface area contributed by atoms with Crippen LogP contribution in [0.15, 0.2) is 24.3 Å². The quantitative estimate of drug-likeness (QED) is 0.849. The Kier molecular flexibility index (Phi) is 5.20. The second-order valence-corrected chi connectivity index (χ2v) is 4.96. The van der Waals surface area contributed by atoms with E-state index in [9.17, 15) is 13.2 Å². The van der Waals surface area contributed by atoms with Crippen molar-refractivity contribution in [2.45, 2.75) is 26.4 Å². The van der Waals surface area contributed by atoms with Crippen molar-refractivity contribution >= 4 is 0 Å². The Balaban J connectivity index is 2.73. The van der Waals surface area contributed by atoms with E-state index in [0.717, 1.165) is 30.7 Å². The van der Waals surface area contributed by atoms with Gasteiger partial charge in [-0.05, 0) is 49.5 Å². The van der Waals surface area contributed by atoms with Crippen LogP contribution in [0.2, 0.25) is 0 Å². The van der Waals surface area contributed by atoms with Gasteiger partial charge in [0.1, 0.15) is 0 Å². The molecule has 1 nitrogen and oxygen atoms in total. The van der Waals surface area contributed by atoms with Crippen LogP contribution < -0.4 is 5.32 Å². The molecule has 0 saturated heterocycles. The van der Waals surface area contributed by atoms with Crippen molar-refractivity contribution in [3.63, 3.8) is 0 Å². The van der Waals surface area contributed by atoms with Gasteiger partial charge >= 0.3 is 6.18 Å². The summed E-state index contributed by atoms with van der Waals surface area (Å²) in [5.41, 5.74) is 0.373. The molecule has 1 atom stereocenters. The molecule has 1 aromatic rings. The van der Waals surface area contributed by atoms with Crippen LogP contribution in [0.4, 0.5) is 13.2 Å². The third-order valence-electron chi connectivity index (χ3n) is 3.19. The smallest absolute Gasteiger partial charge is 0.319 e. The van der Waals surface area contributed by atoms with Crippen LogP contribution in [0.5, 0.6) is 0 Å². The minimum atomic E-state index is -4.25. The number of rotatable bonds is 5. The Morgan fingerprint density at radius 3 is 2.06 bits per heavy atom. The maximum atomic E-state index is 12.4. The van der Waals surface area contributed by atoms with Gasteiger partial charge in [0.25, 0.3) is 0 Å². The molecule has 0 radical (unpaired) electrons. The first kappa shape index (κ1) is 15.0. The minimum Gasteiger partial charge on any atom is -0.319 e. The summed E-state index contributed by atoms with van der Waals surface area (Å²) in [6.07, 6.45) is -3.45. The van der Waals surface area contributed by atoms with Crippen LogP contribution in [0.1, 0.15) is 25.0 Å². The third-order valence-corrected chi connectivity index (χ3v) is 3.19. The summed E-state index contributed by atoms with van der Waals surface area (Å²) in [5.74, 6) is 0.937. The van der Waals surface area contributed by atoms with Gasteiger partial charge in [-0.2, -0.15) is 13.2 Å². The Hall–Kier alpha value is -1.03. The van der Waals surface area contributed by atoms with E-state index in [4.69, 9.17) is 0 Å². The molecule has 0 fully saturated rings. The molecule has 4 heteroatoms. The Morgan fingerprint density at radius 2 is 1.67 bits per heavy atom. The lowest BCUT2D eigenvalue weighted by Gasteiger charge is -2.20. The van der Waals surface area contributed by atoms with Crippen molar-refractivity contribution in [2.75, 3.05) is 13.6 Å². The summed E-state index contributed by atoms with van der Waals surface area (Å²) in [7, 11) is 1.89. The molecule has 102 valence electrons. The molecule has 1 rings (SSSR count). The van der Waals surface area contributed by atoms with E-state index in [-0.39, 0.29) is 0 Å². The maximum Gasteiger partial charge on any atom is 0.416 e. The highest BCUT2D eigenvalue weighted by atomic mass is 19.4. The second kappa shape index (κ2) is 6.23. The molecule has 0 bridgehead atoms. The summed E-state index contributed by atoms with van der Waals surface area (Å²) >= 11 is 0. The first-order chi connectivity index (χ1) is 8.34. The SMILES string of the molecule is CNCC(Cc1ccc(C(F)(F)F)cc1)C(C)C. The second-order valence-electron chi connectivity index (χ2n) is 4.96. The predicted octanol–water partition coefficient (Wildman–Crippen LogP) is 3.74. The van der Waals surface area contributed by atoms with Gasteiger partial charge in [0.15, 0.2) is 0 Å². The standard InChI is InChI=1S/C14H20F3N/c1-10(2)12(9-18-3)8-11-4-6-13(7-5-11)14(15,16)17/h4-7,10,12,18H,8-9H2,1-3H3. The van der Waals surface area contributed by atoms with Crippen LogP contribution in [0, 0.1) is 11.8 Å². The highest BCUT2D eigenvalue weighted by Gasteiger charge is 2.30. The van der Waals surface area contributed by atoms with E-state index >= 15 is 0 Å². The van der Waals surface area contributed by atoms with E-state index in [1.807, 2.05) is 7.05 Å². The van der Waals surface area contributed by atoms with Crippen molar-refractivity contribution in [3.8, 4) is 0 Å². The van der Waals surface area contributed by atoms with Crippen LogP contribution in [0.25, 0.3) is 0 Å². The van der Waals surface area contributed by atoms with Gasteiger partial charge in [-0.1, -0.05) is 26.0 Å². The first-order valence-corrected chi connectivity index (χ1v) is 6.15. The number of nitrogens with one attached hydrogen (secondary N) is 1. The molecule has 18 heavy (non-hydrogen) atoms. The zero-order valence-electron chi connectivity index (χ0n) is 11.0. The van der Waals surface area contributed by atoms with E-state index in [0.29, 0.717) is 11.8 Å². The van der Waals surface area contributed by atoms with Gasteiger partial charge in [-0.3, -0.25) is 0 Å². The number of benzene rings is 1. The molecule has 0 saturated carbocycles. The van der Waals surface area contributed by atoms with E-state index in [1.54, 1.807) is 12.1 Å². The lowest BCUT2D eigenvalue weighted by Crippen LogP contribution is -2.25. The first-order valence-electron chi connectivity index (χ1n) is 6.15. The monoisotopic (exact) mass is 259 g/mol. The normalized spacial score (nSPS) is 13.9. The lowest BCUT2D eigenvalue weighted by molar-refractivity contribution is -0.137. The lowest BCUT2D eigenvalue weighted by atomic mass is 9.89.